The van der Waals surface area contributed by atoms with E-state index in [1.165, 1.54) is 105 Å². The van der Waals surface area contributed by atoms with Gasteiger partial charge in [-0.2, -0.15) is 0 Å². The molecule has 0 amide bonds. The zero-order valence-electron chi connectivity index (χ0n) is 31.4. The van der Waals surface area contributed by atoms with Gasteiger partial charge in [-0.25, -0.2) is 0 Å². The number of nitrogens with zero attached hydrogens (tertiary/aromatic N) is 1. The molecule has 0 saturated carbocycles. The van der Waals surface area contributed by atoms with Crippen molar-refractivity contribution in [3.63, 3.8) is 0 Å². The average molecular weight is 682 g/mol. The topological polar surface area (TPSA) is 4.93 Å². The van der Waals surface area contributed by atoms with Crippen LogP contribution in [0.3, 0.4) is 0 Å². The first-order valence-corrected chi connectivity index (χ1v) is 18.9. The molecule has 256 valence electrons. The standard InChI is InChI=1S/C52H43N/c1-51(2,3)38-20-15-32(16-21-38)43-27-36-30-47-45-26-34-19-24-40(53-49-13-9-7-11-41(49)42-12-8-10-14-50(42)53)25-35(34)29-46(45)48(47)31-37(36)28-44(43)33-17-22-39(23-18-33)52(4,5)6/h7-31H,1-6H3. The number of para-hydroxylation sites is 2. The van der Waals surface area contributed by atoms with Gasteiger partial charge >= 0.3 is 0 Å². The molecule has 0 radical (unpaired) electrons. The van der Waals surface area contributed by atoms with Crippen molar-refractivity contribution in [2.75, 3.05) is 0 Å². The predicted octanol–water partition coefficient (Wildman–Crippen LogP) is 14.7. The summed E-state index contributed by atoms with van der Waals surface area (Å²) in [6, 6.07) is 57.4. The number of fused-ring (bicyclic) bond motifs is 9. The second kappa shape index (κ2) is 11.3. The molecule has 1 aliphatic carbocycles. The molecule has 53 heavy (non-hydrogen) atoms. The highest BCUT2D eigenvalue weighted by molar-refractivity contribution is 6.14. The minimum absolute atomic E-state index is 0.109. The van der Waals surface area contributed by atoms with Gasteiger partial charge in [-0.05, 0) is 149 Å². The highest BCUT2D eigenvalue weighted by Gasteiger charge is 2.25. The molecule has 1 nitrogen and oxygen atoms in total. The monoisotopic (exact) mass is 681 g/mol. The second-order valence-corrected chi connectivity index (χ2v) is 17.1. The van der Waals surface area contributed by atoms with E-state index in [9.17, 15) is 0 Å². The van der Waals surface area contributed by atoms with E-state index in [1.807, 2.05) is 0 Å². The molecule has 9 aromatic rings. The molecule has 0 aliphatic heterocycles. The quantitative estimate of drug-likeness (QED) is 0.175. The summed E-state index contributed by atoms with van der Waals surface area (Å²) >= 11 is 0. The van der Waals surface area contributed by atoms with Crippen LogP contribution >= 0.6 is 0 Å². The Morgan fingerprint density at radius 3 is 1.15 bits per heavy atom. The van der Waals surface area contributed by atoms with E-state index in [4.69, 9.17) is 0 Å². The largest absolute Gasteiger partial charge is 0.309 e. The van der Waals surface area contributed by atoms with Gasteiger partial charge in [0.05, 0.1) is 11.0 Å². The zero-order valence-corrected chi connectivity index (χ0v) is 31.4. The van der Waals surface area contributed by atoms with Crippen LogP contribution in [0.15, 0.2) is 152 Å². The SMILES string of the molecule is CC(C)(C)c1ccc(-c2cc3cc4c(cc3cc2-c2ccc(C(C)(C)C)cc2)-c2cc3cc(-n5c6ccccc6c6ccccc65)ccc3cc2-4)cc1. The normalized spacial score (nSPS) is 12.7. The van der Waals surface area contributed by atoms with Gasteiger partial charge in [0, 0.05) is 16.5 Å². The lowest BCUT2D eigenvalue weighted by atomic mass is 9.77. The molecule has 0 saturated heterocycles. The van der Waals surface area contributed by atoms with Crippen molar-refractivity contribution in [1.29, 1.82) is 0 Å². The van der Waals surface area contributed by atoms with Gasteiger partial charge in [-0.15, -0.1) is 0 Å². The summed E-state index contributed by atoms with van der Waals surface area (Å²) in [6.07, 6.45) is 0. The van der Waals surface area contributed by atoms with Crippen molar-refractivity contribution in [2.45, 2.75) is 52.4 Å². The molecule has 8 aromatic carbocycles. The Balaban J connectivity index is 1.11. The molecule has 1 aliphatic rings. The maximum absolute atomic E-state index is 2.43. The molecule has 0 N–H and O–H groups in total. The Morgan fingerprint density at radius 1 is 0.340 bits per heavy atom. The van der Waals surface area contributed by atoms with E-state index >= 15 is 0 Å². The molecule has 1 heterocycles. The smallest absolute Gasteiger partial charge is 0.0541 e. The minimum Gasteiger partial charge on any atom is -0.309 e. The Bertz CT molecular complexity index is 2870. The maximum Gasteiger partial charge on any atom is 0.0541 e. The fraction of sp³-hybridized carbons (Fsp3) is 0.154. The Labute approximate surface area is 312 Å². The summed E-state index contributed by atoms with van der Waals surface area (Å²) in [7, 11) is 0. The predicted molar refractivity (Wildman–Crippen MR) is 228 cm³/mol. The van der Waals surface area contributed by atoms with Crippen LogP contribution in [0, 0.1) is 0 Å². The summed E-state index contributed by atoms with van der Waals surface area (Å²) in [5, 5.41) is 7.67. The van der Waals surface area contributed by atoms with Gasteiger partial charge in [-0.3, -0.25) is 0 Å². The van der Waals surface area contributed by atoms with Crippen LogP contribution in [0.5, 0.6) is 0 Å². The number of benzene rings is 8. The second-order valence-electron chi connectivity index (χ2n) is 17.1. The van der Waals surface area contributed by atoms with Gasteiger partial charge in [0.2, 0.25) is 0 Å². The zero-order chi connectivity index (χ0) is 36.2. The van der Waals surface area contributed by atoms with Crippen molar-refractivity contribution >= 4 is 43.4 Å². The molecule has 0 fully saturated rings. The van der Waals surface area contributed by atoms with Crippen LogP contribution in [0.4, 0.5) is 0 Å². The van der Waals surface area contributed by atoms with E-state index in [-0.39, 0.29) is 10.8 Å². The number of rotatable bonds is 3. The van der Waals surface area contributed by atoms with Crippen LogP contribution in [0.1, 0.15) is 52.7 Å². The maximum atomic E-state index is 2.43. The van der Waals surface area contributed by atoms with Crippen LogP contribution in [-0.2, 0) is 10.8 Å². The fourth-order valence-electron chi connectivity index (χ4n) is 8.58. The third kappa shape index (κ3) is 5.06. The van der Waals surface area contributed by atoms with E-state index in [0.29, 0.717) is 0 Å². The van der Waals surface area contributed by atoms with Crippen molar-refractivity contribution < 1.29 is 0 Å². The van der Waals surface area contributed by atoms with E-state index < -0.39 is 0 Å². The van der Waals surface area contributed by atoms with Crippen LogP contribution in [0.25, 0.3) is 93.5 Å². The highest BCUT2D eigenvalue weighted by atomic mass is 15.0. The third-order valence-corrected chi connectivity index (χ3v) is 11.6. The third-order valence-electron chi connectivity index (χ3n) is 11.6. The van der Waals surface area contributed by atoms with Gasteiger partial charge in [0.25, 0.3) is 0 Å². The Morgan fingerprint density at radius 2 is 0.717 bits per heavy atom. The molecule has 0 unspecified atom stereocenters. The lowest BCUT2D eigenvalue weighted by molar-refractivity contribution is 0.590. The minimum atomic E-state index is 0.109. The van der Waals surface area contributed by atoms with Gasteiger partial charge < -0.3 is 4.57 Å². The molecule has 0 atom stereocenters. The first-order chi connectivity index (χ1) is 25.5. The molecule has 10 rings (SSSR count). The summed E-state index contributed by atoms with van der Waals surface area (Å²) in [6.45, 7) is 13.7. The van der Waals surface area contributed by atoms with E-state index in [1.54, 1.807) is 0 Å². The van der Waals surface area contributed by atoms with Gasteiger partial charge in [-0.1, -0.05) is 133 Å². The molecule has 1 heteroatoms. The molecular formula is C52H43N. The number of hydrogen-bond donors (Lipinski definition) is 0. The van der Waals surface area contributed by atoms with Crippen LogP contribution < -0.4 is 0 Å². The van der Waals surface area contributed by atoms with Crippen molar-refractivity contribution in [3.05, 3.63) is 163 Å². The van der Waals surface area contributed by atoms with Crippen LogP contribution in [-0.4, -0.2) is 4.57 Å². The number of aromatic nitrogens is 1. The fourth-order valence-corrected chi connectivity index (χ4v) is 8.58. The van der Waals surface area contributed by atoms with Crippen molar-refractivity contribution in [1.82, 2.24) is 4.57 Å². The Kier molecular flexibility index (Phi) is 6.77. The Hall–Kier alpha value is -5.92. The molecule has 0 spiro atoms. The first-order valence-electron chi connectivity index (χ1n) is 18.9. The van der Waals surface area contributed by atoms with E-state index in [2.05, 4.69) is 198 Å². The van der Waals surface area contributed by atoms with Gasteiger partial charge in [0.15, 0.2) is 0 Å². The lowest BCUT2D eigenvalue weighted by Crippen LogP contribution is -2.10. The first kappa shape index (κ1) is 31.8. The molecule has 0 bridgehead atoms. The summed E-state index contributed by atoms with van der Waals surface area (Å²) in [5.74, 6) is 0. The number of hydrogen-bond acceptors (Lipinski definition) is 0. The van der Waals surface area contributed by atoms with Gasteiger partial charge in [0.1, 0.15) is 0 Å². The highest BCUT2D eigenvalue weighted by Crippen LogP contribution is 2.51. The molecular weight excluding hydrogens is 639 g/mol. The average Bonchev–Trinajstić information content (AvgIpc) is 3.50. The lowest BCUT2D eigenvalue weighted by Gasteiger charge is -2.26. The summed E-state index contributed by atoms with van der Waals surface area (Å²) in [5.41, 5.74) is 17.0. The summed E-state index contributed by atoms with van der Waals surface area (Å²) in [4.78, 5) is 0. The van der Waals surface area contributed by atoms with E-state index in [0.717, 1.165) is 0 Å². The van der Waals surface area contributed by atoms with Crippen molar-refractivity contribution in [3.8, 4) is 50.2 Å². The van der Waals surface area contributed by atoms with Crippen LogP contribution in [0.2, 0.25) is 0 Å². The molecule has 1 aromatic heterocycles. The van der Waals surface area contributed by atoms with Crippen molar-refractivity contribution in [2.24, 2.45) is 0 Å². The summed E-state index contributed by atoms with van der Waals surface area (Å²) < 4.78 is 2.41.